The lowest BCUT2D eigenvalue weighted by Crippen LogP contribution is -1.82. The Bertz CT molecular complexity index is 465. The largest absolute Gasteiger partial charge is 0.241 e. The molecule has 1 aromatic carbocycles. The molecule has 0 unspecified atom stereocenters. The minimum Gasteiger partial charge on any atom is -0.241 e. The van der Waals surface area contributed by atoms with Crippen molar-refractivity contribution >= 4 is 65.4 Å². The predicted molar refractivity (Wildman–Crippen MR) is 69.9 cm³/mol. The molecule has 2 aromatic rings. The fourth-order valence-electron chi connectivity index (χ4n) is 1.13. The van der Waals surface area contributed by atoms with E-state index >= 15 is 0 Å². The normalized spacial score (nSPS) is 10.7. The molecular formula is C9H4Br2IN. The van der Waals surface area contributed by atoms with E-state index in [1.165, 1.54) is 3.57 Å². The lowest BCUT2D eigenvalue weighted by atomic mass is 10.2. The van der Waals surface area contributed by atoms with Crippen LogP contribution in [0, 0.1) is 3.57 Å². The standard InChI is InChI=1S/C9H4Br2IN/c10-7-4-9(11)13-8-3-5(12)1-2-6(7)8/h1-4H. The van der Waals surface area contributed by atoms with Gasteiger partial charge in [-0.15, -0.1) is 0 Å². The summed E-state index contributed by atoms with van der Waals surface area (Å²) in [5.41, 5.74) is 1.01. The van der Waals surface area contributed by atoms with Crippen LogP contribution >= 0.6 is 54.5 Å². The molecule has 0 radical (unpaired) electrons. The van der Waals surface area contributed by atoms with Crippen molar-refractivity contribution in [1.82, 2.24) is 4.98 Å². The van der Waals surface area contributed by atoms with Crippen LogP contribution in [0.2, 0.25) is 0 Å². The van der Waals surface area contributed by atoms with Crippen LogP contribution in [0.5, 0.6) is 0 Å². The minimum absolute atomic E-state index is 0.855. The van der Waals surface area contributed by atoms with Gasteiger partial charge in [0.25, 0.3) is 0 Å². The molecule has 1 nitrogen and oxygen atoms in total. The van der Waals surface area contributed by atoms with Crippen molar-refractivity contribution in [2.45, 2.75) is 0 Å². The summed E-state index contributed by atoms with van der Waals surface area (Å²) >= 11 is 9.14. The van der Waals surface area contributed by atoms with Crippen LogP contribution in [-0.2, 0) is 0 Å². The van der Waals surface area contributed by atoms with E-state index in [-0.39, 0.29) is 0 Å². The van der Waals surface area contributed by atoms with Crippen LogP contribution in [-0.4, -0.2) is 4.98 Å². The van der Waals surface area contributed by atoms with Gasteiger partial charge in [-0.2, -0.15) is 0 Å². The highest BCUT2D eigenvalue weighted by molar-refractivity contribution is 14.1. The molecule has 0 saturated carbocycles. The van der Waals surface area contributed by atoms with E-state index in [0.717, 1.165) is 20.0 Å². The van der Waals surface area contributed by atoms with Crippen molar-refractivity contribution in [2.75, 3.05) is 0 Å². The summed E-state index contributed by atoms with van der Waals surface area (Å²) in [5.74, 6) is 0. The monoisotopic (exact) mass is 411 g/mol. The third-order valence-corrected chi connectivity index (χ3v) is 3.42. The maximum Gasteiger partial charge on any atom is 0.107 e. The fourth-order valence-corrected chi connectivity index (χ4v) is 2.88. The number of hydrogen-bond acceptors (Lipinski definition) is 1. The Labute approximate surface area is 106 Å². The van der Waals surface area contributed by atoms with Gasteiger partial charge in [-0.05, 0) is 72.6 Å². The number of hydrogen-bond donors (Lipinski definition) is 0. The summed E-state index contributed by atoms with van der Waals surface area (Å²) in [6.45, 7) is 0. The molecule has 1 aromatic heterocycles. The summed E-state index contributed by atoms with van der Waals surface area (Å²) in [5, 5.41) is 1.14. The van der Waals surface area contributed by atoms with Crippen LogP contribution in [0.3, 0.4) is 0 Å². The summed E-state index contributed by atoms with van der Waals surface area (Å²) in [4.78, 5) is 4.38. The van der Waals surface area contributed by atoms with E-state index < -0.39 is 0 Å². The molecule has 13 heavy (non-hydrogen) atoms. The smallest absolute Gasteiger partial charge is 0.107 e. The fraction of sp³-hybridized carbons (Fsp3) is 0. The first-order chi connectivity index (χ1) is 6.16. The summed E-state index contributed by atoms with van der Waals surface area (Å²) in [7, 11) is 0. The number of rotatable bonds is 0. The molecule has 1 heterocycles. The lowest BCUT2D eigenvalue weighted by Gasteiger charge is -2.01. The molecule has 0 aliphatic carbocycles. The van der Waals surface area contributed by atoms with Crippen LogP contribution < -0.4 is 0 Å². The molecule has 0 N–H and O–H groups in total. The van der Waals surface area contributed by atoms with E-state index in [9.17, 15) is 0 Å². The zero-order valence-corrected chi connectivity index (χ0v) is 11.7. The zero-order valence-electron chi connectivity index (χ0n) is 6.39. The number of halogens is 3. The molecule has 0 amide bonds. The third kappa shape index (κ3) is 2.05. The maximum absolute atomic E-state index is 4.38. The number of benzene rings is 1. The van der Waals surface area contributed by atoms with Crippen molar-refractivity contribution in [3.8, 4) is 0 Å². The number of nitrogens with zero attached hydrogens (tertiary/aromatic N) is 1. The predicted octanol–water partition coefficient (Wildman–Crippen LogP) is 4.36. The Balaban J connectivity index is 2.86. The maximum atomic E-state index is 4.38. The van der Waals surface area contributed by atoms with Gasteiger partial charge in [0, 0.05) is 13.4 Å². The van der Waals surface area contributed by atoms with Crippen molar-refractivity contribution < 1.29 is 0 Å². The molecule has 2 rings (SSSR count). The molecule has 66 valence electrons. The van der Waals surface area contributed by atoms with Crippen molar-refractivity contribution in [3.05, 3.63) is 36.9 Å². The van der Waals surface area contributed by atoms with E-state index in [1.54, 1.807) is 0 Å². The average Bonchev–Trinajstić information content (AvgIpc) is 2.02. The number of fused-ring (bicyclic) bond motifs is 1. The van der Waals surface area contributed by atoms with Gasteiger partial charge in [0.05, 0.1) is 5.52 Å². The number of pyridine rings is 1. The van der Waals surface area contributed by atoms with Gasteiger partial charge in [0.1, 0.15) is 4.60 Å². The zero-order chi connectivity index (χ0) is 9.42. The highest BCUT2D eigenvalue weighted by Gasteiger charge is 2.01. The van der Waals surface area contributed by atoms with Gasteiger partial charge in [-0.25, -0.2) is 4.98 Å². The van der Waals surface area contributed by atoms with Crippen LogP contribution in [0.4, 0.5) is 0 Å². The molecule has 0 fully saturated rings. The van der Waals surface area contributed by atoms with Crippen LogP contribution in [0.1, 0.15) is 0 Å². The van der Waals surface area contributed by atoms with E-state index in [0.29, 0.717) is 0 Å². The molecule has 0 spiro atoms. The quantitative estimate of drug-likeness (QED) is 0.462. The van der Waals surface area contributed by atoms with Crippen molar-refractivity contribution in [3.63, 3.8) is 0 Å². The van der Waals surface area contributed by atoms with Crippen molar-refractivity contribution in [1.29, 1.82) is 0 Å². The van der Waals surface area contributed by atoms with Gasteiger partial charge in [0.15, 0.2) is 0 Å². The molecule has 0 saturated heterocycles. The first-order valence-electron chi connectivity index (χ1n) is 3.58. The summed E-state index contributed by atoms with van der Waals surface area (Å²) in [6.07, 6.45) is 0. The Hall–Kier alpha value is 0.320. The molecular weight excluding hydrogens is 409 g/mol. The van der Waals surface area contributed by atoms with E-state index in [2.05, 4.69) is 77.6 Å². The Morgan fingerprint density at radius 2 is 1.92 bits per heavy atom. The van der Waals surface area contributed by atoms with E-state index in [1.807, 2.05) is 6.07 Å². The van der Waals surface area contributed by atoms with Crippen LogP contribution in [0.15, 0.2) is 33.3 Å². The van der Waals surface area contributed by atoms with Gasteiger partial charge in [-0.1, -0.05) is 6.07 Å². The second-order valence-electron chi connectivity index (χ2n) is 2.59. The van der Waals surface area contributed by atoms with Gasteiger partial charge in [0.2, 0.25) is 0 Å². The lowest BCUT2D eigenvalue weighted by molar-refractivity contribution is 1.34. The van der Waals surface area contributed by atoms with Gasteiger partial charge in [-0.3, -0.25) is 0 Å². The molecule has 0 bridgehead atoms. The van der Waals surface area contributed by atoms with Gasteiger partial charge < -0.3 is 0 Å². The first-order valence-corrected chi connectivity index (χ1v) is 6.24. The Morgan fingerprint density at radius 3 is 2.69 bits per heavy atom. The minimum atomic E-state index is 0.855. The second kappa shape index (κ2) is 3.82. The highest BCUT2D eigenvalue weighted by atomic mass is 127. The van der Waals surface area contributed by atoms with Crippen molar-refractivity contribution in [2.24, 2.45) is 0 Å². The summed E-state index contributed by atoms with van der Waals surface area (Å²) < 4.78 is 3.12. The van der Waals surface area contributed by atoms with Crippen LogP contribution in [0.25, 0.3) is 10.9 Å². The third-order valence-electron chi connectivity index (χ3n) is 1.69. The Kier molecular flexibility index (Phi) is 2.90. The first kappa shape index (κ1) is 9.86. The Morgan fingerprint density at radius 1 is 1.15 bits per heavy atom. The SMILES string of the molecule is Brc1cc(Br)c2ccc(I)cc2n1. The molecule has 4 heteroatoms. The summed E-state index contributed by atoms with van der Waals surface area (Å²) in [6, 6.07) is 8.16. The average molecular weight is 413 g/mol. The molecule has 0 aliphatic heterocycles. The topological polar surface area (TPSA) is 12.9 Å². The number of aromatic nitrogens is 1. The second-order valence-corrected chi connectivity index (χ2v) is 5.50. The molecule has 0 aliphatic rings. The van der Waals surface area contributed by atoms with Gasteiger partial charge >= 0.3 is 0 Å². The van der Waals surface area contributed by atoms with E-state index in [4.69, 9.17) is 0 Å². The highest BCUT2D eigenvalue weighted by Crippen LogP contribution is 2.26. The molecule has 0 atom stereocenters.